The molecule has 0 saturated carbocycles. The van der Waals surface area contributed by atoms with Crippen molar-refractivity contribution in [2.75, 3.05) is 31.9 Å². The fraction of sp³-hybridized carbons (Fsp3) is 0.150. The molecule has 0 fully saturated rings. The van der Waals surface area contributed by atoms with Crippen molar-refractivity contribution in [2.45, 2.75) is 0 Å². The molecule has 0 saturated heterocycles. The topological polar surface area (TPSA) is 113 Å². The van der Waals surface area contributed by atoms with E-state index < -0.39 is 18.5 Å². The second-order valence-corrected chi connectivity index (χ2v) is 7.78. The van der Waals surface area contributed by atoms with Crippen LogP contribution in [-0.4, -0.2) is 37.7 Å². The number of rotatable bonds is 7. The predicted octanol–water partition coefficient (Wildman–Crippen LogP) is 4.51. The number of esters is 1. The zero-order valence-corrected chi connectivity index (χ0v) is 18.7. The second-order valence-electron chi connectivity index (χ2n) is 6.08. The number of hydrogen-bond acceptors (Lipinski definition) is 8. The monoisotopic (exact) mass is 481 g/mol. The highest BCUT2D eigenvalue weighted by Gasteiger charge is 2.17. The number of amides is 1. The third-order valence-corrected chi connectivity index (χ3v) is 5.37. The van der Waals surface area contributed by atoms with Crippen LogP contribution in [0.3, 0.4) is 0 Å². The van der Waals surface area contributed by atoms with Gasteiger partial charge in [-0.15, -0.1) is 11.3 Å². The van der Waals surface area contributed by atoms with Crippen LogP contribution >= 0.6 is 34.5 Å². The normalized spacial score (nSPS) is 10.5. The average molecular weight is 482 g/mol. The Kier molecular flexibility index (Phi) is 7.21. The quantitative estimate of drug-likeness (QED) is 0.376. The van der Waals surface area contributed by atoms with E-state index in [4.69, 9.17) is 43.1 Å². The number of nitrogen functional groups attached to an aromatic ring is 1. The van der Waals surface area contributed by atoms with Crippen molar-refractivity contribution in [3.63, 3.8) is 0 Å². The molecule has 1 aromatic heterocycles. The van der Waals surface area contributed by atoms with Crippen molar-refractivity contribution in [1.29, 1.82) is 0 Å². The molecule has 2 aromatic carbocycles. The summed E-state index contributed by atoms with van der Waals surface area (Å²) in [6.45, 7) is -0.534. The number of hydrogen-bond donors (Lipinski definition) is 2. The fourth-order valence-electron chi connectivity index (χ4n) is 2.58. The van der Waals surface area contributed by atoms with Gasteiger partial charge in [-0.2, -0.15) is 0 Å². The summed E-state index contributed by atoms with van der Waals surface area (Å²) in [5.41, 5.74) is 7.19. The molecule has 3 aromatic rings. The summed E-state index contributed by atoms with van der Waals surface area (Å²) in [7, 11) is 3.09. The maximum absolute atomic E-state index is 12.2. The molecular weight excluding hydrogens is 465 g/mol. The van der Waals surface area contributed by atoms with Gasteiger partial charge >= 0.3 is 5.97 Å². The van der Waals surface area contributed by atoms with E-state index in [1.54, 1.807) is 31.7 Å². The van der Waals surface area contributed by atoms with Gasteiger partial charge in [0.15, 0.2) is 23.2 Å². The molecule has 3 N–H and O–H groups in total. The number of nitrogens with zero attached hydrogens (tertiary/aromatic N) is 1. The van der Waals surface area contributed by atoms with E-state index in [1.807, 2.05) is 6.07 Å². The molecule has 0 spiro atoms. The Balaban J connectivity index is 1.62. The highest BCUT2D eigenvalue weighted by atomic mass is 35.5. The first-order chi connectivity index (χ1) is 14.8. The molecule has 8 nitrogen and oxygen atoms in total. The first-order valence-electron chi connectivity index (χ1n) is 8.71. The minimum atomic E-state index is -0.817. The predicted molar refractivity (Wildman–Crippen MR) is 120 cm³/mol. The molecule has 0 aliphatic carbocycles. The van der Waals surface area contributed by atoms with Gasteiger partial charge in [0.2, 0.25) is 0 Å². The number of nitrogens with one attached hydrogen (secondary N) is 1. The van der Waals surface area contributed by atoms with Gasteiger partial charge in [-0.05, 0) is 30.3 Å². The van der Waals surface area contributed by atoms with Crippen LogP contribution in [0.5, 0.6) is 11.5 Å². The zero-order valence-electron chi connectivity index (χ0n) is 16.4. The van der Waals surface area contributed by atoms with Crippen LogP contribution in [0.15, 0.2) is 35.7 Å². The Morgan fingerprint density at radius 2 is 1.87 bits per heavy atom. The van der Waals surface area contributed by atoms with Crippen molar-refractivity contribution >= 4 is 57.2 Å². The number of carbonyl (C=O) groups is 2. The summed E-state index contributed by atoms with van der Waals surface area (Å²) < 4.78 is 15.5. The van der Waals surface area contributed by atoms with Crippen LogP contribution in [0.4, 0.5) is 10.8 Å². The molecule has 0 aliphatic rings. The lowest BCUT2D eigenvalue weighted by Crippen LogP contribution is -2.21. The van der Waals surface area contributed by atoms with Crippen molar-refractivity contribution in [3.05, 3.63) is 51.3 Å². The largest absolute Gasteiger partial charge is 0.493 e. The molecule has 3 rings (SSSR count). The summed E-state index contributed by atoms with van der Waals surface area (Å²) >= 11 is 13.0. The van der Waals surface area contributed by atoms with Crippen LogP contribution in [-0.2, 0) is 9.53 Å². The maximum Gasteiger partial charge on any atom is 0.340 e. The van der Waals surface area contributed by atoms with Gasteiger partial charge < -0.3 is 19.9 Å². The van der Waals surface area contributed by atoms with E-state index in [0.29, 0.717) is 22.3 Å². The number of ether oxygens (including phenoxy) is 3. The van der Waals surface area contributed by atoms with Crippen molar-refractivity contribution in [3.8, 4) is 22.8 Å². The number of thiazole rings is 1. The Labute approximate surface area is 191 Å². The number of benzene rings is 2. The van der Waals surface area contributed by atoms with Crippen molar-refractivity contribution < 1.29 is 23.8 Å². The van der Waals surface area contributed by atoms with E-state index in [2.05, 4.69) is 10.3 Å². The van der Waals surface area contributed by atoms with Gasteiger partial charge in [0.05, 0.1) is 36.2 Å². The molecule has 0 aliphatic heterocycles. The number of methoxy groups -OCH3 is 2. The lowest BCUT2D eigenvalue weighted by Gasteiger charge is -2.09. The van der Waals surface area contributed by atoms with E-state index in [1.165, 1.54) is 23.5 Å². The molecule has 11 heteroatoms. The fourth-order valence-corrected chi connectivity index (χ4v) is 3.81. The molecule has 31 heavy (non-hydrogen) atoms. The van der Waals surface area contributed by atoms with Crippen LogP contribution in [0.2, 0.25) is 10.0 Å². The Bertz CT molecular complexity index is 1140. The SMILES string of the molecule is COc1ccc(-c2csc(NC(=O)COC(=O)c3cc(Cl)cc(Cl)c3N)n2)cc1OC. The van der Waals surface area contributed by atoms with E-state index >= 15 is 0 Å². The third-order valence-electron chi connectivity index (χ3n) is 4.08. The molecule has 1 amide bonds. The van der Waals surface area contributed by atoms with Crippen molar-refractivity contribution in [2.24, 2.45) is 0 Å². The first-order valence-corrected chi connectivity index (χ1v) is 10.4. The Morgan fingerprint density at radius 1 is 1.13 bits per heavy atom. The minimum absolute atomic E-state index is 0.0183. The second kappa shape index (κ2) is 9.86. The number of carbonyl (C=O) groups excluding carboxylic acids is 2. The average Bonchev–Trinajstić information content (AvgIpc) is 3.22. The Hall–Kier alpha value is -3.01. The van der Waals surface area contributed by atoms with Crippen molar-refractivity contribution in [1.82, 2.24) is 4.98 Å². The smallest absolute Gasteiger partial charge is 0.340 e. The molecule has 0 bridgehead atoms. The lowest BCUT2D eigenvalue weighted by atomic mass is 10.1. The number of anilines is 2. The van der Waals surface area contributed by atoms with E-state index in [9.17, 15) is 9.59 Å². The molecule has 0 atom stereocenters. The number of aromatic nitrogens is 1. The highest BCUT2D eigenvalue weighted by molar-refractivity contribution is 7.14. The number of nitrogens with two attached hydrogens (primary N) is 1. The van der Waals surface area contributed by atoms with Gasteiger partial charge in [-0.3, -0.25) is 10.1 Å². The van der Waals surface area contributed by atoms with E-state index in [0.717, 1.165) is 5.56 Å². The van der Waals surface area contributed by atoms with Crippen LogP contribution in [0, 0.1) is 0 Å². The standard InChI is InChI=1S/C20H17Cl2N3O5S/c1-28-15-4-3-10(5-16(15)29-2)14-9-31-20(24-14)25-17(26)8-30-19(27)12-6-11(21)7-13(22)18(12)23/h3-7,9H,8,23H2,1-2H3,(H,24,25,26). The third kappa shape index (κ3) is 5.38. The molecule has 1 heterocycles. The molecular formula is C20H17Cl2N3O5S. The van der Waals surface area contributed by atoms with Gasteiger partial charge in [0, 0.05) is 16.0 Å². The lowest BCUT2D eigenvalue weighted by molar-refractivity contribution is -0.119. The van der Waals surface area contributed by atoms with Gasteiger partial charge in [0.1, 0.15) is 0 Å². The number of halogens is 2. The first kappa shape index (κ1) is 22.7. The summed E-state index contributed by atoms with van der Waals surface area (Å²) in [6.07, 6.45) is 0. The van der Waals surface area contributed by atoms with Gasteiger partial charge in [-0.1, -0.05) is 23.2 Å². The van der Waals surface area contributed by atoms with Crippen LogP contribution in [0.1, 0.15) is 10.4 Å². The van der Waals surface area contributed by atoms with Gasteiger partial charge in [-0.25, -0.2) is 9.78 Å². The van der Waals surface area contributed by atoms with Crippen LogP contribution in [0.25, 0.3) is 11.3 Å². The summed E-state index contributed by atoms with van der Waals surface area (Å²) in [5, 5.41) is 5.04. The van der Waals surface area contributed by atoms with Gasteiger partial charge in [0.25, 0.3) is 5.91 Å². The van der Waals surface area contributed by atoms with Crippen LogP contribution < -0.4 is 20.5 Å². The molecule has 162 valence electrons. The highest BCUT2D eigenvalue weighted by Crippen LogP contribution is 2.33. The molecule has 0 radical (unpaired) electrons. The minimum Gasteiger partial charge on any atom is -0.493 e. The summed E-state index contributed by atoms with van der Waals surface area (Å²) in [5.74, 6) is -0.222. The summed E-state index contributed by atoms with van der Waals surface area (Å²) in [6, 6.07) is 8.09. The Morgan fingerprint density at radius 3 is 2.58 bits per heavy atom. The summed E-state index contributed by atoms with van der Waals surface area (Å²) in [4.78, 5) is 28.7. The molecule has 0 unspecified atom stereocenters. The maximum atomic E-state index is 12.2. The van der Waals surface area contributed by atoms with E-state index in [-0.39, 0.29) is 21.3 Å². The zero-order chi connectivity index (χ0) is 22.5.